The maximum Gasteiger partial charge on any atom is 0.135 e. The molecular weight excluding hydrogens is 428 g/mol. The molecule has 0 saturated carbocycles. The van der Waals surface area contributed by atoms with Crippen LogP contribution in [0.25, 0.3) is 55.0 Å². The summed E-state index contributed by atoms with van der Waals surface area (Å²) in [5.41, 5.74) is 8.84. The van der Waals surface area contributed by atoms with Crippen LogP contribution in [-0.2, 0) is 6.54 Å². The van der Waals surface area contributed by atoms with E-state index in [0.29, 0.717) is 0 Å². The molecule has 5 aromatic heterocycles. The van der Waals surface area contributed by atoms with Crippen LogP contribution in [-0.4, -0.2) is 31.7 Å². The van der Waals surface area contributed by atoms with Gasteiger partial charge in [-0.25, -0.2) is 4.98 Å². The average Bonchev–Trinajstić information content (AvgIpc) is 3.61. The molecule has 3 N–H and O–H groups in total. The molecule has 0 aliphatic carbocycles. The minimum atomic E-state index is 0.790. The van der Waals surface area contributed by atoms with Crippen molar-refractivity contribution >= 4 is 33.3 Å². The number of nitrogens with one attached hydrogen (secondary N) is 3. The lowest BCUT2D eigenvalue weighted by atomic mass is 10.1. The molecule has 162 valence electrons. The van der Waals surface area contributed by atoms with Gasteiger partial charge in [0.15, 0.2) is 0 Å². The second-order valence-electron chi connectivity index (χ2n) is 7.95. The Kier molecular flexibility index (Phi) is 4.97. The van der Waals surface area contributed by atoms with Crippen LogP contribution in [0.3, 0.4) is 0 Å². The van der Waals surface area contributed by atoms with Crippen LogP contribution in [0.4, 0.5) is 0 Å². The Hall–Kier alpha value is -3.81. The zero-order valence-corrected chi connectivity index (χ0v) is 18.9. The van der Waals surface area contributed by atoms with E-state index in [1.165, 1.54) is 15.8 Å². The lowest BCUT2D eigenvalue weighted by Gasteiger charge is -2.05. The third-order valence-corrected chi connectivity index (χ3v) is 6.69. The third kappa shape index (κ3) is 3.61. The number of aromatic nitrogens is 5. The van der Waals surface area contributed by atoms with E-state index in [0.717, 1.165) is 57.8 Å². The molecule has 6 nitrogen and oxygen atoms in total. The quantitative estimate of drug-likeness (QED) is 0.290. The second kappa shape index (κ2) is 8.27. The van der Waals surface area contributed by atoms with Gasteiger partial charge in [0, 0.05) is 45.8 Å². The van der Waals surface area contributed by atoms with Gasteiger partial charge in [0.05, 0.1) is 16.9 Å². The molecule has 5 heterocycles. The highest BCUT2D eigenvalue weighted by Gasteiger charge is 2.15. The predicted molar refractivity (Wildman–Crippen MR) is 135 cm³/mol. The largest absolute Gasteiger partial charge is 0.353 e. The number of pyridine rings is 2. The van der Waals surface area contributed by atoms with Gasteiger partial charge in [-0.1, -0.05) is 25.1 Å². The van der Waals surface area contributed by atoms with E-state index >= 15 is 0 Å². The predicted octanol–water partition coefficient (Wildman–Crippen LogP) is 6.01. The van der Waals surface area contributed by atoms with Crippen molar-refractivity contribution in [1.29, 1.82) is 0 Å². The van der Waals surface area contributed by atoms with Crippen molar-refractivity contribution in [2.75, 3.05) is 6.54 Å². The van der Waals surface area contributed by atoms with Crippen LogP contribution in [0.5, 0.6) is 0 Å². The van der Waals surface area contributed by atoms with Gasteiger partial charge in [-0.3, -0.25) is 10.1 Å². The molecule has 6 aromatic rings. The van der Waals surface area contributed by atoms with Crippen LogP contribution in [0.1, 0.15) is 12.5 Å². The Morgan fingerprint density at radius 3 is 2.85 bits per heavy atom. The van der Waals surface area contributed by atoms with Crippen molar-refractivity contribution in [2.45, 2.75) is 13.5 Å². The van der Waals surface area contributed by atoms with Gasteiger partial charge in [0.1, 0.15) is 11.2 Å². The summed E-state index contributed by atoms with van der Waals surface area (Å²) in [6.45, 7) is 3.81. The first kappa shape index (κ1) is 19.8. The molecule has 0 radical (unpaired) electrons. The molecule has 0 saturated heterocycles. The average molecular weight is 451 g/mol. The number of fused-ring (bicyclic) bond motifs is 2. The fraction of sp³-hybridized carbons (Fsp3) is 0.115. The van der Waals surface area contributed by atoms with E-state index in [9.17, 15) is 0 Å². The minimum Gasteiger partial charge on any atom is -0.353 e. The number of thiophene rings is 1. The molecule has 0 fully saturated rings. The first-order chi connectivity index (χ1) is 16.3. The minimum absolute atomic E-state index is 0.790. The molecule has 1 aromatic carbocycles. The Balaban J connectivity index is 1.44. The van der Waals surface area contributed by atoms with E-state index in [1.807, 2.05) is 24.5 Å². The fourth-order valence-corrected chi connectivity index (χ4v) is 4.94. The van der Waals surface area contributed by atoms with Crippen molar-refractivity contribution in [3.05, 3.63) is 77.9 Å². The normalized spacial score (nSPS) is 11.5. The van der Waals surface area contributed by atoms with Gasteiger partial charge in [0.25, 0.3) is 0 Å². The highest BCUT2D eigenvalue weighted by atomic mass is 32.1. The number of aromatic amines is 2. The maximum absolute atomic E-state index is 4.97. The molecule has 0 amide bonds. The van der Waals surface area contributed by atoms with Crippen molar-refractivity contribution in [2.24, 2.45) is 0 Å². The van der Waals surface area contributed by atoms with E-state index < -0.39 is 0 Å². The fourth-order valence-electron chi connectivity index (χ4n) is 4.17. The molecule has 7 heteroatoms. The van der Waals surface area contributed by atoms with Crippen molar-refractivity contribution in [3.63, 3.8) is 0 Å². The first-order valence-electron chi connectivity index (χ1n) is 11.0. The van der Waals surface area contributed by atoms with Gasteiger partial charge in [-0.2, -0.15) is 5.10 Å². The highest BCUT2D eigenvalue weighted by Crippen LogP contribution is 2.35. The molecule has 0 atom stereocenters. The lowest BCUT2D eigenvalue weighted by Crippen LogP contribution is -2.11. The van der Waals surface area contributed by atoms with Gasteiger partial charge >= 0.3 is 0 Å². The van der Waals surface area contributed by atoms with Crippen LogP contribution in [0.2, 0.25) is 0 Å². The van der Waals surface area contributed by atoms with Crippen LogP contribution in [0.15, 0.2) is 72.4 Å². The SMILES string of the molecule is CCNCc1cncc(-c2ccc3[nH]nc(-c4cc5c(-c6cccs6)cccc5[nH]4)c3n2)c1. The Labute approximate surface area is 194 Å². The van der Waals surface area contributed by atoms with E-state index in [4.69, 9.17) is 4.98 Å². The number of nitrogens with zero attached hydrogens (tertiary/aromatic N) is 3. The van der Waals surface area contributed by atoms with Crippen molar-refractivity contribution < 1.29 is 0 Å². The third-order valence-electron chi connectivity index (χ3n) is 5.78. The van der Waals surface area contributed by atoms with Gasteiger partial charge in [-0.05, 0) is 53.9 Å². The number of benzene rings is 1. The topological polar surface area (TPSA) is 82.3 Å². The molecular formula is C26H22N6S. The Morgan fingerprint density at radius 2 is 1.97 bits per heavy atom. The zero-order chi connectivity index (χ0) is 22.2. The highest BCUT2D eigenvalue weighted by molar-refractivity contribution is 7.13. The van der Waals surface area contributed by atoms with Crippen molar-refractivity contribution in [1.82, 2.24) is 30.5 Å². The van der Waals surface area contributed by atoms with Gasteiger partial charge in [0.2, 0.25) is 0 Å². The Bertz CT molecular complexity index is 1560. The summed E-state index contributed by atoms with van der Waals surface area (Å²) >= 11 is 1.75. The number of rotatable bonds is 6. The summed E-state index contributed by atoms with van der Waals surface area (Å²) in [5.74, 6) is 0. The summed E-state index contributed by atoms with van der Waals surface area (Å²) in [6.07, 6.45) is 3.75. The standard InChI is InChI=1S/C26H22N6S/c1-2-27-13-16-11-17(15-28-14-16)20-8-9-22-25(30-20)26(32-31-22)23-12-19-18(24-7-4-10-33-24)5-3-6-21(19)29-23/h3-12,14-15,27,29H,2,13H2,1H3,(H,31,32). The van der Waals surface area contributed by atoms with Gasteiger partial charge in [-0.15, -0.1) is 11.3 Å². The summed E-state index contributed by atoms with van der Waals surface area (Å²) in [6, 6.07) is 19.0. The summed E-state index contributed by atoms with van der Waals surface area (Å²) in [5, 5.41) is 14.4. The summed E-state index contributed by atoms with van der Waals surface area (Å²) in [4.78, 5) is 14.2. The summed E-state index contributed by atoms with van der Waals surface area (Å²) in [7, 11) is 0. The van der Waals surface area contributed by atoms with E-state index in [2.05, 4.69) is 80.3 Å². The zero-order valence-electron chi connectivity index (χ0n) is 18.1. The molecule has 0 aliphatic rings. The van der Waals surface area contributed by atoms with Crippen LogP contribution < -0.4 is 5.32 Å². The smallest absolute Gasteiger partial charge is 0.135 e. The van der Waals surface area contributed by atoms with Gasteiger partial charge < -0.3 is 10.3 Å². The monoisotopic (exact) mass is 450 g/mol. The Morgan fingerprint density at radius 1 is 1.00 bits per heavy atom. The molecule has 0 bridgehead atoms. The molecule has 0 unspecified atom stereocenters. The molecule has 0 aliphatic heterocycles. The van der Waals surface area contributed by atoms with E-state index in [-0.39, 0.29) is 0 Å². The van der Waals surface area contributed by atoms with Crippen molar-refractivity contribution in [3.8, 4) is 33.1 Å². The maximum atomic E-state index is 4.97. The van der Waals surface area contributed by atoms with Crippen LogP contribution >= 0.6 is 11.3 Å². The molecule has 0 spiro atoms. The number of H-pyrrole nitrogens is 2. The number of hydrogen-bond acceptors (Lipinski definition) is 5. The molecule has 6 rings (SSSR count). The number of hydrogen-bond donors (Lipinski definition) is 3. The second-order valence-corrected chi connectivity index (χ2v) is 8.90. The molecule has 33 heavy (non-hydrogen) atoms. The van der Waals surface area contributed by atoms with E-state index in [1.54, 1.807) is 11.3 Å². The lowest BCUT2D eigenvalue weighted by molar-refractivity contribution is 0.724. The summed E-state index contributed by atoms with van der Waals surface area (Å²) < 4.78 is 0. The van der Waals surface area contributed by atoms with Crippen LogP contribution in [0, 0.1) is 0 Å². The first-order valence-corrected chi connectivity index (χ1v) is 11.8.